The maximum absolute atomic E-state index is 8.35. The Morgan fingerprint density at radius 2 is 0.538 bits per heavy atom. The molecule has 0 aliphatic rings. The van der Waals surface area contributed by atoms with Gasteiger partial charge in [0.25, 0.3) is 0 Å². The van der Waals surface area contributed by atoms with Crippen LogP contribution in [0.15, 0.2) is 0 Å². The second-order valence-corrected chi connectivity index (χ2v) is 0.894. The van der Waals surface area contributed by atoms with E-state index in [1.54, 1.807) is 0 Å². The summed E-state index contributed by atoms with van der Waals surface area (Å²) in [4.78, 5) is 33.4. The average molecular weight is 436 g/mol. The molecule has 0 aliphatic carbocycles. The SMILES string of the molecule is O=P[O-].O=P[O-].O=P[O-].O=P[O-].[W]. The van der Waals surface area contributed by atoms with Crippen LogP contribution in [0.25, 0.3) is 0 Å². The van der Waals surface area contributed by atoms with E-state index in [1.165, 1.54) is 0 Å². The van der Waals surface area contributed by atoms with Crippen LogP contribution in [0, 0.1) is 0 Å². The molecule has 13 heavy (non-hydrogen) atoms. The van der Waals surface area contributed by atoms with Crippen LogP contribution < -0.4 is 19.6 Å². The Balaban J connectivity index is -0.0000000213. The van der Waals surface area contributed by atoms with Gasteiger partial charge < -0.3 is 19.6 Å². The van der Waals surface area contributed by atoms with E-state index in [9.17, 15) is 0 Å². The van der Waals surface area contributed by atoms with Gasteiger partial charge in [0.1, 0.15) is 0 Å². The molecule has 0 spiro atoms. The average Bonchev–Trinajstić information content (AvgIpc) is 1.92. The Morgan fingerprint density at radius 1 is 0.538 bits per heavy atom. The monoisotopic (exact) mass is 436 g/mol. The van der Waals surface area contributed by atoms with Crippen LogP contribution in [0.5, 0.6) is 0 Å². The molecule has 0 rings (SSSR count). The zero-order valence-electron chi connectivity index (χ0n) is 5.46. The fraction of sp³-hybridized carbons (Fsp3) is 0. The van der Waals surface area contributed by atoms with Gasteiger partial charge in [-0.05, 0) is 0 Å². The summed E-state index contributed by atoms with van der Waals surface area (Å²) in [6, 6.07) is 0. The first-order chi connectivity index (χ1) is 5.66. The van der Waals surface area contributed by atoms with E-state index in [1.807, 2.05) is 0 Å². The maximum atomic E-state index is 8.35. The number of rotatable bonds is 0. The first-order valence-corrected chi connectivity index (χ1v) is 4.38. The minimum absolute atomic E-state index is 0. The van der Waals surface area contributed by atoms with Crippen LogP contribution in [0.4, 0.5) is 0 Å². The van der Waals surface area contributed by atoms with Gasteiger partial charge in [0.05, 0.1) is 34.7 Å². The Morgan fingerprint density at radius 3 is 0.538 bits per heavy atom. The molecule has 8 nitrogen and oxygen atoms in total. The van der Waals surface area contributed by atoms with Crippen LogP contribution in [-0.2, 0) is 39.3 Å². The number of hydrogen-bond donors (Lipinski definition) is 0. The van der Waals surface area contributed by atoms with E-state index >= 15 is 0 Å². The summed E-state index contributed by atoms with van der Waals surface area (Å²) in [5.41, 5.74) is 0. The minimum atomic E-state index is -1.08. The molecule has 13 heteroatoms. The Kier molecular flexibility index (Phi) is 170. The minimum Gasteiger partial charge on any atom is -0.772 e. The van der Waals surface area contributed by atoms with E-state index in [4.69, 9.17) is 37.8 Å². The Hall–Kier alpha value is 0.928. The van der Waals surface area contributed by atoms with Gasteiger partial charge in [-0.15, -0.1) is 0 Å². The summed E-state index contributed by atoms with van der Waals surface area (Å²) < 4.78 is 33.4. The summed E-state index contributed by atoms with van der Waals surface area (Å²) >= 11 is 0. The van der Waals surface area contributed by atoms with Crippen LogP contribution >= 0.6 is 34.7 Å². The summed E-state index contributed by atoms with van der Waals surface area (Å²) in [6.45, 7) is 0. The molecule has 0 aromatic heterocycles. The molecule has 0 radical (unpaired) electrons. The summed E-state index contributed by atoms with van der Waals surface area (Å²) in [7, 11) is -4.33. The standard InChI is InChI=1S/4HO2P.W/c4*1-3-2;/h4*(H,1,2);/p-4. The quantitative estimate of drug-likeness (QED) is 0.403. The zero-order chi connectivity index (χ0) is 10.8. The molecule has 0 aromatic rings. The third-order valence-electron chi connectivity index (χ3n) is 0. The van der Waals surface area contributed by atoms with E-state index in [-0.39, 0.29) is 21.1 Å². The van der Waals surface area contributed by atoms with Crippen molar-refractivity contribution in [2.45, 2.75) is 0 Å². The molecule has 0 atom stereocenters. The van der Waals surface area contributed by atoms with Crippen LogP contribution in [0.2, 0.25) is 0 Å². The molecule has 78 valence electrons. The molecule has 0 saturated heterocycles. The van der Waals surface area contributed by atoms with Gasteiger partial charge in [0.15, 0.2) is 0 Å². The predicted molar refractivity (Wildman–Crippen MR) is 30.4 cm³/mol. The van der Waals surface area contributed by atoms with E-state index in [0.29, 0.717) is 0 Å². The predicted octanol–water partition coefficient (Wildman–Crippen LogP) is -1.79. The second-order valence-electron chi connectivity index (χ2n) is 0.298. The molecule has 0 N–H and O–H groups in total. The van der Waals surface area contributed by atoms with E-state index in [0.717, 1.165) is 0 Å². The first kappa shape index (κ1) is 29.2. The van der Waals surface area contributed by atoms with Crippen molar-refractivity contribution in [2.75, 3.05) is 0 Å². The maximum Gasteiger partial charge on any atom is 0.0642 e. The summed E-state index contributed by atoms with van der Waals surface area (Å²) in [5.74, 6) is 0. The largest absolute Gasteiger partial charge is 0.772 e. The zero-order valence-corrected chi connectivity index (χ0v) is 12.0. The van der Waals surface area contributed by atoms with Gasteiger partial charge in [-0.25, -0.2) is 0 Å². The number of hydrogen-bond acceptors (Lipinski definition) is 8. The molecule has 0 saturated carbocycles. The van der Waals surface area contributed by atoms with Crippen molar-refractivity contribution in [2.24, 2.45) is 0 Å². The van der Waals surface area contributed by atoms with Crippen molar-refractivity contribution in [3.63, 3.8) is 0 Å². The van der Waals surface area contributed by atoms with Crippen molar-refractivity contribution < 1.29 is 58.9 Å². The summed E-state index contributed by atoms with van der Waals surface area (Å²) in [6.07, 6.45) is 0. The fourth-order valence-electron chi connectivity index (χ4n) is 0. The first-order valence-electron chi connectivity index (χ1n) is 1.46. The molecule has 0 amide bonds. The fourth-order valence-corrected chi connectivity index (χ4v) is 0. The smallest absolute Gasteiger partial charge is 0.0642 e. The van der Waals surface area contributed by atoms with Crippen molar-refractivity contribution in [3.8, 4) is 0 Å². The second kappa shape index (κ2) is 75.7. The van der Waals surface area contributed by atoms with Gasteiger partial charge >= 0.3 is 0 Å². The Bertz CT molecular complexity index is 70.1. The van der Waals surface area contributed by atoms with Gasteiger partial charge in [-0.2, -0.15) is 0 Å². The molecule has 0 aliphatic heterocycles. The van der Waals surface area contributed by atoms with Crippen molar-refractivity contribution in [1.82, 2.24) is 0 Å². The molecule has 0 bridgehead atoms. The van der Waals surface area contributed by atoms with Gasteiger partial charge in [0.2, 0.25) is 0 Å². The third-order valence-corrected chi connectivity index (χ3v) is 0. The van der Waals surface area contributed by atoms with Crippen LogP contribution in [0.3, 0.4) is 0 Å². The van der Waals surface area contributed by atoms with Gasteiger partial charge in [0, 0.05) is 21.1 Å². The molecular formula is O8P4W-4. The van der Waals surface area contributed by atoms with Gasteiger partial charge in [-0.3, -0.25) is 18.3 Å². The van der Waals surface area contributed by atoms with Gasteiger partial charge in [-0.1, -0.05) is 0 Å². The third kappa shape index (κ3) is 1790. The van der Waals surface area contributed by atoms with Crippen molar-refractivity contribution in [1.29, 1.82) is 0 Å². The van der Waals surface area contributed by atoms with E-state index in [2.05, 4.69) is 0 Å². The molecule has 0 aromatic carbocycles. The Labute approximate surface area is 93.8 Å². The molecule has 0 fully saturated rings. The summed E-state index contributed by atoms with van der Waals surface area (Å²) in [5, 5.41) is 0. The topological polar surface area (TPSA) is 161 Å². The molecule has 0 heterocycles. The van der Waals surface area contributed by atoms with E-state index < -0.39 is 34.7 Å². The molecule has 0 unspecified atom stereocenters. The van der Waals surface area contributed by atoms with Crippen LogP contribution in [0.1, 0.15) is 0 Å². The normalized spacial score (nSPS) is 6.46. The molecular weight excluding hydrogens is 436 g/mol. The van der Waals surface area contributed by atoms with Crippen molar-refractivity contribution in [3.05, 3.63) is 0 Å². The van der Waals surface area contributed by atoms with Crippen molar-refractivity contribution >= 4 is 34.7 Å². The van der Waals surface area contributed by atoms with Crippen LogP contribution in [-0.4, -0.2) is 0 Å².